The van der Waals surface area contributed by atoms with Gasteiger partial charge in [-0.15, -0.1) is 0 Å². The molecule has 0 heterocycles. The molecule has 2 amide bonds. The van der Waals surface area contributed by atoms with Crippen molar-refractivity contribution in [2.24, 2.45) is 5.90 Å². The first-order chi connectivity index (χ1) is 13.0. The molecule has 0 saturated heterocycles. The van der Waals surface area contributed by atoms with Crippen molar-refractivity contribution in [2.45, 2.75) is 12.8 Å². The van der Waals surface area contributed by atoms with Crippen LogP contribution in [0, 0.1) is 0 Å². The number of nitrogens with two attached hydrogens (primary N) is 1. The van der Waals surface area contributed by atoms with Crippen LogP contribution >= 0.6 is 0 Å². The van der Waals surface area contributed by atoms with Crippen LogP contribution in [0.5, 0.6) is 0 Å². The Kier molecular flexibility index (Phi) is 7.48. The maximum absolute atomic E-state index is 12.6. The van der Waals surface area contributed by atoms with Crippen molar-refractivity contribution < 1.29 is 24.3 Å². The van der Waals surface area contributed by atoms with Crippen molar-refractivity contribution in [3.8, 4) is 0 Å². The van der Waals surface area contributed by atoms with Crippen LogP contribution in [0.15, 0.2) is 54.6 Å². The molecule has 0 saturated carbocycles. The Morgan fingerprint density at radius 3 is 2.30 bits per heavy atom. The molecule has 0 fully saturated rings. The van der Waals surface area contributed by atoms with Gasteiger partial charge in [0.1, 0.15) is 6.42 Å². The predicted octanol–water partition coefficient (Wildman–Crippen LogP) is 1.00. The second kappa shape index (κ2) is 10.0. The van der Waals surface area contributed by atoms with Gasteiger partial charge in [0.2, 0.25) is 11.8 Å². The van der Waals surface area contributed by atoms with Gasteiger partial charge in [0.25, 0.3) is 0 Å². The third-order valence-corrected chi connectivity index (χ3v) is 3.72. The highest BCUT2D eigenvalue weighted by Gasteiger charge is 2.16. The van der Waals surface area contributed by atoms with Crippen LogP contribution in [-0.2, 0) is 25.6 Å². The van der Waals surface area contributed by atoms with E-state index >= 15 is 0 Å². The lowest BCUT2D eigenvalue weighted by Crippen LogP contribution is -2.34. The molecule has 0 radical (unpaired) electrons. The first-order valence-corrected chi connectivity index (χ1v) is 8.28. The van der Waals surface area contributed by atoms with Crippen molar-refractivity contribution in [1.29, 1.82) is 0 Å². The number of aliphatic hydroxyl groups is 1. The molecule has 27 heavy (non-hydrogen) atoms. The standard InChI is InChI=1S/C19H21N3O5/c20-27-19(26)13-17(24)21-15-8-6-14(7-9-15)12-18(25)22(10-11-23)16-4-2-1-3-5-16/h1-9,23H,10-13,20H2,(H,21,24). The first kappa shape index (κ1) is 20.1. The fourth-order valence-electron chi connectivity index (χ4n) is 2.46. The molecule has 0 bridgehead atoms. The number of carbonyl (C=O) groups excluding carboxylic acids is 3. The van der Waals surface area contributed by atoms with Crippen molar-refractivity contribution in [3.05, 3.63) is 60.2 Å². The van der Waals surface area contributed by atoms with Gasteiger partial charge in [0.15, 0.2) is 0 Å². The Bertz CT molecular complexity index is 778. The van der Waals surface area contributed by atoms with E-state index in [1.165, 1.54) is 4.90 Å². The monoisotopic (exact) mass is 371 g/mol. The van der Waals surface area contributed by atoms with Crippen LogP contribution < -0.4 is 16.1 Å². The lowest BCUT2D eigenvalue weighted by atomic mass is 10.1. The molecular weight excluding hydrogens is 350 g/mol. The highest BCUT2D eigenvalue weighted by Crippen LogP contribution is 2.16. The molecule has 8 nitrogen and oxygen atoms in total. The Labute approximate surface area is 156 Å². The normalized spacial score (nSPS) is 10.1. The van der Waals surface area contributed by atoms with Gasteiger partial charge in [-0.1, -0.05) is 30.3 Å². The average Bonchev–Trinajstić information content (AvgIpc) is 2.68. The molecule has 142 valence electrons. The Hall–Kier alpha value is -3.23. The minimum absolute atomic E-state index is 0.141. The predicted molar refractivity (Wildman–Crippen MR) is 99.6 cm³/mol. The van der Waals surface area contributed by atoms with Gasteiger partial charge in [-0.05, 0) is 29.8 Å². The number of amides is 2. The molecule has 0 aliphatic heterocycles. The SMILES string of the molecule is NOC(=O)CC(=O)Nc1ccc(CC(=O)N(CCO)c2ccccc2)cc1. The van der Waals surface area contributed by atoms with Crippen LogP contribution in [0.4, 0.5) is 11.4 Å². The van der Waals surface area contributed by atoms with Gasteiger partial charge < -0.3 is 20.2 Å². The summed E-state index contributed by atoms with van der Waals surface area (Å²) in [6.45, 7) is 0.0606. The highest BCUT2D eigenvalue weighted by atomic mass is 16.7. The molecular formula is C19H21N3O5. The van der Waals surface area contributed by atoms with Crippen LogP contribution in [0.1, 0.15) is 12.0 Å². The zero-order valence-corrected chi connectivity index (χ0v) is 14.6. The maximum Gasteiger partial charge on any atom is 0.333 e. The first-order valence-electron chi connectivity index (χ1n) is 8.28. The van der Waals surface area contributed by atoms with E-state index in [1.807, 2.05) is 18.2 Å². The number of aliphatic hydroxyl groups excluding tert-OH is 1. The number of hydrogen-bond acceptors (Lipinski definition) is 6. The van der Waals surface area contributed by atoms with Gasteiger partial charge in [0, 0.05) is 17.9 Å². The van der Waals surface area contributed by atoms with E-state index in [4.69, 9.17) is 0 Å². The van der Waals surface area contributed by atoms with Crippen LogP contribution in [0.3, 0.4) is 0 Å². The number of nitrogens with one attached hydrogen (secondary N) is 1. The topological polar surface area (TPSA) is 122 Å². The van der Waals surface area contributed by atoms with Gasteiger partial charge in [-0.2, -0.15) is 5.90 Å². The van der Waals surface area contributed by atoms with Gasteiger partial charge >= 0.3 is 5.97 Å². The summed E-state index contributed by atoms with van der Waals surface area (Å²) in [6, 6.07) is 15.8. The summed E-state index contributed by atoms with van der Waals surface area (Å²) in [7, 11) is 0. The summed E-state index contributed by atoms with van der Waals surface area (Å²) in [4.78, 5) is 40.6. The molecule has 0 unspecified atom stereocenters. The van der Waals surface area contributed by atoms with E-state index in [2.05, 4.69) is 16.1 Å². The number of anilines is 2. The van der Waals surface area contributed by atoms with Crippen LogP contribution in [-0.4, -0.2) is 36.0 Å². The number of benzene rings is 2. The van der Waals surface area contributed by atoms with E-state index in [-0.39, 0.29) is 25.5 Å². The van der Waals surface area contributed by atoms with Crippen molar-refractivity contribution >= 4 is 29.2 Å². The smallest absolute Gasteiger partial charge is 0.333 e. The molecule has 8 heteroatoms. The minimum Gasteiger partial charge on any atom is -0.395 e. The van der Waals surface area contributed by atoms with Crippen molar-refractivity contribution in [2.75, 3.05) is 23.4 Å². The minimum atomic E-state index is -0.834. The summed E-state index contributed by atoms with van der Waals surface area (Å²) in [5.74, 6) is 3.15. The second-order valence-corrected chi connectivity index (χ2v) is 5.69. The third kappa shape index (κ3) is 6.21. The highest BCUT2D eigenvalue weighted by molar-refractivity contribution is 6.01. The summed E-state index contributed by atoms with van der Waals surface area (Å²) in [5, 5.41) is 11.8. The quantitative estimate of drug-likeness (QED) is 0.470. The molecule has 2 rings (SSSR count). The number of para-hydroxylation sites is 1. The fraction of sp³-hybridized carbons (Fsp3) is 0.211. The summed E-state index contributed by atoms with van der Waals surface area (Å²) < 4.78 is 0. The molecule has 0 spiro atoms. The van der Waals surface area contributed by atoms with Crippen LogP contribution in [0.2, 0.25) is 0 Å². The molecule has 4 N–H and O–H groups in total. The largest absolute Gasteiger partial charge is 0.395 e. The van der Waals surface area contributed by atoms with Crippen molar-refractivity contribution in [3.63, 3.8) is 0 Å². The number of carbonyl (C=O) groups is 3. The van der Waals surface area contributed by atoms with E-state index in [0.29, 0.717) is 11.4 Å². The summed E-state index contributed by atoms with van der Waals surface area (Å²) in [6.07, 6.45) is -0.341. The van der Waals surface area contributed by atoms with E-state index in [0.717, 1.165) is 5.56 Å². The molecule has 0 aromatic heterocycles. The summed E-state index contributed by atoms with van der Waals surface area (Å²) in [5.41, 5.74) is 1.95. The van der Waals surface area contributed by atoms with Gasteiger partial charge in [-0.3, -0.25) is 9.59 Å². The number of hydrogen-bond donors (Lipinski definition) is 3. The van der Waals surface area contributed by atoms with E-state index in [9.17, 15) is 19.5 Å². The molecule has 0 atom stereocenters. The maximum atomic E-state index is 12.6. The second-order valence-electron chi connectivity index (χ2n) is 5.69. The van der Waals surface area contributed by atoms with Crippen LogP contribution in [0.25, 0.3) is 0 Å². The summed E-state index contributed by atoms with van der Waals surface area (Å²) >= 11 is 0. The Morgan fingerprint density at radius 1 is 1.04 bits per heavy atom. The molecule has 0 aliphatic carbocycles. The molecule has 2 aromatic rings. The Morgan fingerprint density at radius 2 is 1.70 bits per heavy atom. The fourth-order valence-corrected chi connectivity index (χ4v) is 2.46. The van der Waals surface area contributed by atoms with Gasteiger partial charge in [-0.25, -0.2) is 4.79 Å². The van der Waals surface area contributed by atoms with E-state index in [1.54, 1.807) is 36.4 Å². The average molecular weight is 371 g/mol. The Balaban J connectivity index is 1.99. The zero-order valence-electron chi connectivity index (χ0n) is 14.6. The lowest BCUT2D eigenvalue weighted by Gasteiger charge is -2.22. The van der Waals surface area contributed by atoms with Crippen molar-refractivity contribution in [1.82, 2.24) is 0 Å². The molecule has 0 aliphatic rings. The van der Waals surface area contributed by atoms with E-state index < -0.39 is 18.3 Å². The molecule has 2 aromatic carbocycles. The number of nitrogens with zero attached hydrogens (tertiary/aromatic N) is 1. The third-order valence-electron chi connectivity index (χ3n) is 3.72. The zero-order chi connectivity index (χ0) is 19.6. The van der Waals surface area contributed by atoms with Gasteiger partial charge in [0.05, 0.1) is 13.0 Å². The number of rotatable bonds is 8. The lowest BCUT2D eigenvalue weighted by molar-refractivity contribution is -0.146.